The third kappa shape index (κ3) is 5.20. The van der Waals surface area contributed by atoms with Gasteiger partial charge in [-0.25, -0.2) is 0 Å². The first kappa shape index (κ1) is 16.0. The predicted molar refractivity (Wildman–Crippen MR) is 67.9 cm³/mol. The molecule has 0 saturated heterocycles. The van der Waals surface area contributed by atoms with Gasteiger partial charge in [0.1, 0.15) is 4.83 Å². The molecule has 0 amide bonds. The Bertz CT molecular complexity index is 420. The molecule has 0 bridgehead atoms. The SMILES string of the molecule is COC(=O)C(Br)CNCc1ccc(C(F)(F)F)cc1. The molecule has 1 rings (SSSR count). The minimum Gasteiger partial charge on any atom is -0.468 e. The highest BCUT2D eigenvalue weighted by molar-refractivity contribution is 9.10. The van der Waals surface area contributed by atoms with E-state index in [4.69, 9.17) is 0 Å². The summed E-state index contributed by atoms with van der Waals surface area (Å²) in [6.45, 7) is 0.699. The number of methoxy groups -OCH3 is 1. The van der Waals surface area contributed by atoms with Crippen molar-refractivity contribution in [2.24, 2.45) is 0 Å². The summed E-state index contributed by atoms with van der Waals surface area (Å²) >= 11 is 3.13. The van der Waals surface area contributed by atoms with E-state index in [9.17, 15) is 18.0 Å². The van der Waals surface area contributed by atoms with Gasteiger partial charge in [0.05, 0.1) is 12.7 Å². The van der Waals surface area contributed by atoms with Crippen molar-refractivity contribution in [3.05, 3.63) is 35.4 Å². The van der Waals surface area contributed by atoms with Crippen LogP contribution in [0.4, 0.5) is 13.2 Å². The zero-order valence-corrected chi connectivity index (χ0v) is 11.7. The van der Waals surface area contributed by atoms with E-state index in [0.717, 1.165) is 12.1 Å². The Morgan fingerprint density at radius 3 is 2.42 bits per heavy atom. The van der Waals surface area contributed by atoms with Crippen LogP contribution >= 0.6 is 15.9 Å². The lowest BCUT2D eigenvalue weighted by Crippen LogP contribution is -2.29. The molecule has 0 fully saturated rings. The fraction of sp³-hybridized carbons (Fsp3) is 0.417. The fourth-order valence-corrected chi connectivity index (χ4v) is 1.78. The maximum atomic E-state index is 12.3. The van der Waals surface area contributed by atoms with Crippen molar-refractivity contribution in [3.8, 4) is 0 Å². The molecule has 0 aliphatic rings. The molecule has 106 valence electrons. The van der Waals surface area contributed by atoms with Crippen LogP contribution in [0.3, 0.4) is 0 Å². The molecule has 0 saturated carbocycles. The van der Waals surface area contributed by atoms with E-state index >= 15 is 0 Å². The van der Waals surface area contributed by atoms with Gasteiger partial charge in [0.15, 0.2) is 0 Å². The topological polar surface area (TPSA) is 38.3 Å². The zero-order valence-electron chi connectivity index (χ0n) is 10.1. The number of hydrogen-bond acceptors (Lipinski definition) is 3. The normalized spacial score (nSPS) is 13.1. The maximum absolute atomic E-state index is 12.3. The molecule has 0 aliphatic heterocycles. The number of benzene rings is 1. The Balaban J connectivity index is 2.45. The molecule has 1 unspecified atom stereocenters. The van der Waals surface area contributed by atoms with Crippen LogP contribution in [0.15, 0.2) is 24.3 Å². The van der Waals surface area contributed by atoms with Gasteiger partial charge in [0, 0.05) is 13.1 Å². The van der Waals surface area contributed by atoms with Gasteiger partial charge in [-0.15, -0.1) is 0 Å². The second-order valence-corrected chi connectivity index (χ2v) is 4.92. The van der Waals surface area contributed by atoms with Crippen molar-refractivity contribution in [1.29, 1.82) is 0 Å². The van der Waals surface area contributed by atoms with Crippen LogP contribution in [0.25, 0.3) is 0 Å². The summed E-state index contributed by atoms with van der Waals surface area (Å²) in [5, 5.41) is 2.95. The van der Waals surface area contributed by atoms with Gasteiger partial charge in [-0.05, 0) is 17.7 Å². The Hall–Kier alpha value is -1.08. The quantitative estimate of drug-likeness (QED) is 0.662. The summed E-state index contributed by atoms with van der Waals surface area (Å²) < 4.78 is 41.5. The number of hydrogen-bond donors (Lipinski definition) is 1. The highest BCUT2D eigenvalue weighted by Crippen LogP contribution is 2.28. The lowest BCUT2D eigenvalue weighted by molar-refractivity contribution is -0.140. The van der Waals surface area contributed by atoms with Gasteiger partial charge in [0.2, 0.25) is 0 Å². The average molecular weight is 340 g/mol. The number of nitrogens with one attached hydrogen (secondary N) is 1. The van der Waals surface area contributed by atoms with Crippen LogP contribution in [-0.4, -0.2) is 24.5 Å². The second kappa shape index (κ2) is 6.91. The van der Waals surface area contributed by atoms with Gasteiger partial charge in [-0.1, -0.05) is 28.1 Å². The Morgan fingerprint density at radius 1 is 1.37 bits per heavy atom. The lowest BCUT2D eigenvalue weighted by Gasteiger charge is -2.10. The highest BCUT2D eigenvalue weighted by Gasteiger charge is 2.29. The molecular formula is C12H13BrF3NO2. The average Bonchev–Trinajstić information content (AvgIpc) is 2.37. The van der Waals surface area contributed by atoms with Gasteiger partial charge in [-0.3, -0.25) is 4.79 Å². The molecule has 3 nitrogen and oxygen atoms in total. The maximum Gasteiger partial charge on any atom is 0.416 e. The Labute approximate surface area is 117 Å². The summed E-state index contributed by atoms with van der Waals surface area (Å²) in [5.74, 6) is -0.403. The first-order valence-corrected chi connectivity index (χ1v) is 6.35. The summed E-state index contributed by atoms with van der Waals surface area (Å²) in [4.78, 5) is 10.6. The fourth-order valence-electron chi connectivity index (χ4n) is 1.37. The van der Waals surface area contributed by atoms with Crippen molar-refractivity contribution in [2.75, 3.05) is 13.7 Å². The van der Waals surface area contributed by atoms with Crippen molar-refractivity contribution >= 4 is 21.9 Å². The highest BCUT2D eigenvalue weighted by atomic mass is 79.9. The third-order valence-corrected chi connectivity index (χ3v) is 3.09. The first-order valence-electron chi connectivity index (χ1n) is 5.43. The monoisotopic (exact) mass is 339 g/mol. The number of alkyl halides is 4. The van der Waals surface area contributed by atoms with Crippen molar-refractivity contribution in [3.63, 3.8) is 0 Å². The van der Waals surface area contributed by atoms with E-state index in [2.05, 4.69) is 26.0 Å². The largest absolute Gasteiger partial charge is 0.468 e. The van der Waals surface area contributed by atoms with Gasteiger partial charge in [-0.2, -0.15) is 13.2 Å². The predicted octanol–water partition coefficient (Wildman–Crippen LogP) is 2.73. The molecule has 0 aromatic heterocycles. The molecule has 1 aromatic carbocycles. The number of esters is 1. The van der Waals surface area contributed by atoms with E-state index in [1.165, 1.54) is 19.2 Å². The van der Waals surface area contributed by atoms with E-state index in [1.807, 2.05) is 0 Å². The molecule has 7 heteroatoms. The van der Waals surface area contributed by atoms with E-state index in [1.54, 1.807) is 0 Å². The molecule has 0 spiro atoms. The minimum absolute atomic E-state index is 0.327. The van der Waals surface area contributed by atoms with Crippen molar-refractivity contribution in [2.45, 2.75) is 17.5 Å². The summed E-state index contributed by atoms with van der Waals surface area (Å²) in [6.07, 6.45) is -4.32. The molecule has 1 aromatic rings. The molecule has 0 aliphatic carbocycles. The second-order valence-electron chi connectivity index (χ2n) is 3.82. The van der Waals surface area contributed by atoms with Crippen LogP contribution in [0.2, 0.25) is 0 Å². The van der Waals surface area contributed by atoms with Crippen LogP contribution in [0.1, 0.15) is 11.1 Å². The van der Waals surface area contributed by atoms with E-state index in [0.29, 0.717) is 18.7 Å². The first-order chi connectivity index (χ1) is 8.84. The smallest absolute Gasteiger partial charge is 0.416 e. The molecule has 1 atom stereocenters. The van der Waals surface area contributed by atoms with Crippen LogP contribution in [0.5, 0.6) is 0 Å². The number of ether oxygens (including phenoxy) is 1. The zero-order chi connectivity index (χ0) is 14.5. The van der Waals surface area contributed by atoms with Crippen molar-refractivity contribution < 1.29 is 22.7 Å². The third-order valence-electron chi connectivity index (χ3n) is 2.39. The van der Waals surface area contributed by atoms with Crippen molar-refractivity contribution in [1.82, 2.24) is 5.32 Å². The number of carbonyl (C=O) groups is 1. The molecular weight excluding hydrogens is 327 g/mol. The van der Waals surface area contributed by atoms with Crippen LogP contribution in [-0.2, 0) is 22.3 Å². The molecule has 1 N–H and O–H groups in total. The minimum atomic E-state index is -4.32. The number of rotatable bonds is 5. The standard InChI is InChI=1S/C12H13BrF3NO2/c1-19-11(18)10(13)7-17-6-8-2-4-9(5-3-8)12(14,15)16/h2-5,10,17H,6-7H2,1H3. The number of carbonyl (C=O) groups excluding carboxylic acids is 1. The molecule has 19 heavy (non-hydrogen) atoms. The van der Waals surface area contributed by atoms with Crippen LogP contribution < -0.4 is 5.32 Å². The van der Waals surface area contributed by atoms with E-state index < -0.39 is 22.5 Å². The van der Waals surface area contributed by atoms with Gasteiger partial charge >= 0.3 is 12.1 Å². The van der Waals surface area contributed by atoms with Crippen LogP contribution in [0, 0.1) is 0 Å². The van der Waals surface area contributed by atoms with E-state index in [-0.39, 0.29) is 0 Å². The summed E-state index contributed by atoms with van der Waals surface area (Å²) in [5.41, 5.74) is 0.0294. The molecule has 0 radical (unpaired) electrons. The van der Waals surface area contributed by atoms with Gasteiger partial charge < -0.3 is 10.1 Å². The number of halogens is 4. The Morgan fingerprint density at radius 2 is 1.95 bits per heavy atom. The lowest BCUT2D eigenvalue weighted by atomic mass is 10.1. The summed E-state index contributed by atoms with van der Waals surface area (Å²) in [6, 6.07) is 4.86. The van der Waals surface area contributed by atoms with Gasteiger partial charge in [0.25, 0.3) is 0 Å². The molecule has 0 heterocycles. The summed E-state index contributed by atoms with van der Waals surface area (Å²) in [7, 11) is 1.28. The Kier molecular flexibility index (Phi) is 5.81.